The van der Waals surface area contributed by atoms with Gasteiger partial charge in [0, 0.05) is 25.8 Å². The Balaban J connectivity index is 1.70. The number of rotatable bonds is 7. The molecule has 0 aromatic carbocycles. The van der Waals surface area contributed by atoms with E-state index in [2.05, 4.69) is 41.3 Å². The molecule has 0 amide bonds. The molecule has 1 N–H and O–H groups in total. The Hall–Kier alpha value is -0.970. The molecule has 1 aromatic heterocycles. The minimum atomic E-state index is 0.402. The van der Waals surface area contributed by atoms with Gasteiger partial charge >= 0.3 is 0 Å². The van der Waals surface area contributed by atoms with E-state index < -0.39 is 0 Å². The van der Waals surface area contributed by atoms with Gasteiger partial charge in [-0.3, -0.25) is 4.98 Å². The summed E-state index contributed by atoms with van der Waals surface area (Å²) >= 11 is 0. The van der Waals surface area contributed by atoms with Crippen LogP contribution in [0.4, 0.5) is 0 Å². The third-order valence-electron chi connectivity index (χ3n) is 3.77. The Morgan fingerprint density at radius 2 is 2.15 bits per heavy atom. The van der Waals surface area contributed by atoms with Crippen LogP contribution in [0.2, 0.25) is 0 Å². The molecule has 0 bridgehead atoms. The Morgan fingerprint density at radius 3 is 2.80 bits per heavy atom. The van der Waals surface area contributed by atoms with Gasteiger partial charge in [-0.2, -0.15) is 0 Å². The molecule has 1 aromatic rings. The summed E-state index contributed by atoms with van der Waals surface area (Å²) in [5, 5.41) is 3.38. The number of hydrogen-bond donors (Lipinski definition) is 1. The van der Waals surface area contributed by atoms with Crippen LogP contribution in [0.1, 0.15) is 37.4 Å². The summed E-state index contributed by atoms with van der Waals surface area (Å²) in [5.74, 6) is 0. The zero-order valence-corrected chi connectivity index (χ0v) is 12.8. The van der Waals surface area contributed by atoms with E-state index in [1.54, 1.807) is 0 Å². The summed E-state index contributed by atoms with van der Waals surface area (Å²) in [6.07, 6.45) is 5.79. The molecule has 0 saturated carbocycles. The first-order chi connectivity index (χ1) is 9.78. The van der Waals surface area contributed by atoms with E-state index in [1.807, 2.05) is 6.20 Å². The zero-order valence-electron chi connectivity index (χ0n) is 12.8. The molecule has 0 radical (unpaired) electrons. The average molecular weight is 277 g/mol. The summed E-state index contributed by atoms with van der Waals surface area (Å²) < 4.78 is 5.95. The zero-order chi connectivity index (χ0) is 14.2. The van der Waals surface area contributed by atoms with Crippen LogP contribution in [0, 0.1) is 0 Å². The Morgan fingerprint density at radius 1 is 1.35 bits per heavy atom. The number of pyridine rings is 1. The van der Waals surface area contributed by atoms with E-state index in [-0.39, 0.29) is 0 Å². The standard InChI is InChI=1S/C16H27N3O/c1-3-8-17-11-14-4-5-15(18-12-14)13-20-16-6-9-19(2)10-7-16/h4-5,12,16-17H,3,6-11,13H2,1-2H3. The second kappa shape index (κ2) is 8.35. The number of nitrogens with zero attached hydrogens (tertiary/aromatic N) is 2. The van der Waals surface area contributed by atoms with E-state index in [0.717, 1.165) is 51.1 Å². The molecule has 0 atom stereocenters. The lowest BCUT2D eigenvalue weighted by Crippen LogP contribution is -2.34. The molecule has 112 valence electrons. The summed E-state index contributed by atoms with van der Waals surface area (Å²) in [6.45, 7) is 7.05. The van der Waals surface area contributed by atoms with Gasteiger partial charge in [-0.1, -0.05) is 13.0 Å². The van der Waals surface area contributed by atoms with Crippen molar-refractivity contribution in [3.63, 3.8) is 0 Å². The van der Waals surface area contributed by atoms with E-state index in [4.69, 9.17) is 4.74 Å². The number of likely N-dealkylation sites (tertiary alicyclic amines) is 1. The molecule has 1 saturated heterocycles. The van der Waals surface area contributed by atoms with Crippen LogP contribution >= 0.6 is 0 Å². The summed E-state index contributed by atoms with van der Waals surface area (Å²) in [6, 6.07) is 4.22. The van der Waals surface area contributed by atoms with Crippen LogP contribution in [0.3, 0.4) is 0 Å². The van der Waals surface area contributed by atoms with Crippen molar-refractivity contribution in [1.29, 1.82) is 0 Å². The SMILES string of the molecule is CCCNCc1ccc(COC2CCN(C)CC2)nc1. The first-order valence-corrected chi connectivity index (χ1v) is 7.72. The number of aromatic nitrogens is 1. The number of ether oxygens (including phenoxy) is 1. The van der Waals surface area contributed by atoms with Crippen molar-refractivity contribution in [2.45, 2.75) is 45.4 Å². The maximum absolute atomic E-state index is 5.95. The molecule has 2 heterocycles. The summed E-state index contributed by atoms with van der Waals surface area (Å²) in [4.78, 5) is 6.84. The Labute approximate surface area is 122 Å². The van der Waals surface area contributed by atoms with Crippen LogP contribution in [0.25, 0.3) is 0 Å². The predicted octanol–water partition coefficient (Wildman–Crippen LogP) is 2.19. The van der Waals surface area contributed by atoms with Crippen LogP contribution in [0.5, 0.6) is 0 Å². The minimum Gasteiger partial charge on any atom is -0.372 e. The molecule has 1 fully saturated rings. The van der Waals surface area contributed by atoms with Gasteiger partial charge in [-0.05, 0) is 44.5 Å². The molecule has 20 heavy (non-hydrogen) atoms. The fourth-order valence-electron chi connectivity index (χ4n) is 2.41. The van der Waals surface area contributed by atoms with Gasteiger partial charge in [-0.15, -0.1) is 0 Å². The highest BCUT2D eigenvalue weighted by atomic mass is 16.5. The topological polar surface area (TPSA) is 37.4 Å². The molecule has 4 nitrogen and oxygen atoms in total. The molecule has 0 spiro atoms. The lowest BCUT2D eigenvalue weighted by atomic mass is 10.1. The van der Waals surface area contributed by atoms with Gasteiger partial charge in [0.2, 0.25) is 0 Å². The minimum absolute atomic E-state index is 0.402. The molecular formula is C16H27N3O. The lowest BCUT2D eigenvalue weighted by Gasteiger charge is -2.28. The van der Waals surface area contributed by atoms with Crippen LogP contribution in [-0.2, 0) is 17.9 Å². The third kappa shape index (κ3) is 5.19. The molecule has 2 rings (SSSR count). The van der Waals surface area contributed by atoms with Gasteiger partial charge < -0.3 is 15.0 Å². The predicted molar refractivity (Wildman–Crippen MR) is 81.5 cm³/mol. The smallest absolute Gasteiger partial charge is 0.0891 e. The van der Waals surface area contributed by atoms with Gasteiger partial charge in [0.05, 0.1) is 18.4 Å². The maximum Gasteiger partial charge on any atom is 0.0891 e. The quantitative estimate of drug-likeness (QED) is 0.775. The van der Waals surface area contributed by atoms with E-state index in [9.17, 15) is 0 Å². The fraction of sp³-hybridized carbons (Fsp3) is 0.688. The summed E-state index contributed by atoms with van der Waals surface area (Å²) in [5.41, 5.74) is 2.27. The van der Waals surface area contributed by atoms with Crippen LogP contribution in [0.15, 0.2) is 18.3 Å². The van der Waals surface area contributed by atoms with Crippen LogP contribution in [-0.4, -0.2) is 42.7 Å². The van der Waals surface area contributed by atoms with Gasteiger partial charge in [0.15, 0.2) is 0 Å². The van der Waals surface area contributed by atoms with Crippen molar-refractivity contribution in [3.05, 3.63) is 29.6 Å². The van der Waals surface area contributed by atoms with Crippen molar-refractivity contribution in [3.8, 4) is 0 Å². The Bertz CT molecular complexity index is 372. The first kappa shape index (κ1) is 15.4. The monoisotopic (exact) mass is 277 g/mol. The normalized spacial score (nSPS) is 17.5. The number of piperidine rings is 1. The number of nitrogens with one attached hydrogen (secondary N) is 1. The van der Waals surface area contributed by atoms with Gasteiger partial charge in [0.25, 0.3) is 0 Å². The second-order valence-electron chi connectivity index (χ2n) is 5.65. The molecule has 4 heteroatoms. The Kier molecular flexibility index (Phi) is 6.43. The van der Waals surface area contributed by atoms with Gasteiger partial charge in [-0.25, -0.2) is 0 Å². The van der Waals surface area contributed by atoms with Crippen molar-refractivity contribution >= 4 is 0 Å². The van der Waals surface area contributed by atoms with E-state index in [1.165, 1.54) is 5.56 Å². The molecule has 0 unspecified atom stereocenters. The first-order valence-electron chi connectivity index (χ1n) is 7.72. The maximum atomic E-state index is 5.95. The molecule has 1 aliphatic rings. The number of hydrogen-bond acceptors (Lipinski definition) is 4. The average Bonchev–Trinajstić information content (AvgIpc) is 2.48. The highest BCUT2D eigenvalue weighted by Gasteiger charge is 2.16. The van der Waals surface area contributed by atoms with Crippen molar-refractivity contribution in [2.24, 2.45) is 0 Å². The largest absolute Gasteiger partial charge is 0.372 e. The van der Waals surface area contributed by atoms with Crippen molar-refractivity contribution < 1.29 is 4.74 Å². The van der Waals surface area contributed by atoms with Crippen LogP contribution < -0.4 is 5.32 Å². The highest BCUT2D eigenvalue weighted by molar-refractivity contribution is 5.13. The molecular weight excluding hydrogens is 250 g/mol. The highest BCUT2D eigenvalue weighted by Crippen LogP contribution is 2.14. The fourth-order valence-corrected chi connectivity index (χ4v) is 2.41. The lowest BCUT2D eigenvalue weighted by molar-refractivity contribution is 0.000748. The van der Waals surface area contributed by atoms with Crippen molar-refractivity contribution in [2.75, 3.05) is 26.7 Å². The van der Waals surface area contributed by atoms with Crippen molar-refractivity contribution in [1.82, 2.24) is 15.2 Å². The molecule has 1 aliphatic heterocycles. The molecule has 0 aliphatic carbocycles. The summed E-state index contributed by atoms with van der Waals surface area (Å²) in [7, 11) is 2.17. The van der Waals surface area contributed by atoms with Gasteiger partial charge in [0.1, 0.15) is 0 Å². The third-order valence-corrected chi connectivity index (χ3v) is 3.77. The van der Waals surface area contributed by atoms with E-state index in [0.29, 0.717) is 12.7 Å². The second-order valence-corrected chi connectivity index (χ2v) is 5.65. The van der Waals surface area contributed by atoms with E-state index >= 15 is 0 Å².